The van der Waals surface area contributed by atoms with Crippen LogP contribution in [0.25, 0.3) is 0 Å². The molecule has 0 unspecified atom stereocenters. The van der Waals surface area contributed by atoms with E-state index in [1.54, 1.807) is 6.08 Å². The lowest BCUT2D eigenvalue weighted by Gasteiger charge is -2.24. The van der Waals surface area contributed by atoms with E-state index in [0.29, 0.717) is 23.2 Å². The molecule has 1 aliphatic rings. The van der Waals surface area contributed by atoms with Gasteiger partial charge in [0.2, 0.25) is 0 Å². The van der Waals surface area contributed by atoms with Crippen LogP contribution in [-0.4, -0.2) is 50.3 Å². The number of nitrogens with two attached hydrogens (primary N) is 1. The summed E-state index contributed by atoms with van der Waals surface area (Å²) in [4.78, 5) is 25.7. The molecule has 0 atom stereocenters. The molecule has 0 aliphatic heterocycles. The van der Waals surface area contributed by atoms with E-state index in [1.165, 1.54) is 0 Å². The zero-order chi connectivity index (χ0) is 22.0. The lowest BCUT2D eigenvalue weighted by molar-refractivity contribution is -0.870. The van der Waals surface area contributed by atoms with E-state index in [9.17, 15) is 9.59 Å². The number of nitrogens with zero attached hydrogens (tertiary/aromatic N) is 1. The van der Waals surface area contributed by atoms with E-state index in [1.807, 2.05) is 45.1 Å². The van der Waals surface area contributed by atoms with Crippen molar-refractivity contribution in [3.63, 3.8) is 0 Å². The standard InChI is InChI=1S/C22H31N3O2.C2H6/c1-5-16-15-17(24-13-10-14-25(2,3)4)20-18(26)11-8-6-7-9-12-19(27)21(20)22(16)23;1-2/h6-9,15H,5,10-14H2,1-4H3,(H2-,23,24,26,27);1-2H3/p+1/b8-6-,9-7-;. The molecule has 0 saturated heterocycles. The van der Waals surface area contributed by atoms with Crippen molar-refractivity contribution in [2.24, 2.45) is 0 Å². The number of Topliss-reactive ketones (excluding diaryl/α,β-unsaturated/α-hetero) is 2. The van der Waals surface area contributed by atoms with Gasteiger partial charge in [0, 0.05) is 37.2 Å². The minimum atomic E-state index is -0.105. The first-order chi connectivity index (χ1) is 13.7. The highest BCUT2D eigenvalue weighted by molar-refractivity contribution is 6.16. The number of allylic oxidation sites excluding steroid dienone is 4. The number of benzene rings is 1. The molecule has 2 rings (SSSR count). The molecule has 0 saturated carbocycles. The van der Waals surface area contributed by atoms with E-state index in [4.69, 9.17) is 5.73 Å². The normalized spacial score (nSPS) is 16.3. The van der Waals surface area contributed by atoms with Gasteiger partial charge in [-0.05, 0) is 18.1 Å². The first-order valence-corrected chi connectivity index (χ1v) is 10.6. The molecule has 1 aliphatic carbocycles. The summed E-state index contributed by atoms with van der Waals surface area (Å²) in [6.07, 6.45) is 9.42. The molecule has 3 N–H and O–H groups in total. The number of anilines is 2. The van der Waals surface area contributed by atoms with E-state index in [-0.39, 0.29) is 24.4 Å². The summed E-state index contributed by atoms with van der Waals surface area (Å²) in [6.45, 7) is 7.77. The Kier molecular flexibility index (Phi) is 9.83. The Bertz CT molecular complexity index is 771. The van der Waals surface area contributed by atoms with Gasteiger partial charge >= 0.3 is 0 Å². The van der Waals surface area contributed by atoms with Crippen molar-refractivity contribution in [1.82, 2.24) is 0 Å². The van der Waals surface area contributed by atoms with Crippen LogP contribution in [0.1, 0.15) is 66.3 Å². The van der Waals surface area contributed by atoms with Crippen LogP contribution in [0.5, 0.6) is 0 Å². The number of fused-ring (bicyclic) bond motifs is 1. The van der Waals surface area contributed by atoms with Crippen molar-refractivity contribution in [3.8, 4) is 0 Å². The van der Waals surface area contributed by atoms with Gasteiger partial charge in [-0.2, -0.15) is 0 Å². The predicted molar refractivity (Wildman–Crippen MR) is 124 cm³/mol. The van der Waals surface area contributed by atoms with Crippen molar-refractivity contribution in [3.05, 3.63) is 47.1 Å². The SMILES string of the molecule is CC.CCc1cc(NCCC[N+](C)(C)C)c2c(c1N)C(=O)C/C=C\C=C/CC2=O. The zero-order valence-corrected chi connectivity index (χ0v) is 19.0. The summed E-state index contributed by atoms with van der Waals surface area (Å²) in [5.41, 5.74) is 9.22. The van der Waals surface area contributed by atoms with Crippen molar-refractivity contribution >= 4 is 22.9 Å². The van der Waals surface area contributed by atoms with Crippen LogP contribution in [0, 0.1) is 0 Å². The lowest BCUT2D eigenvalue weighted by atomic mass is 9.89. The number of rotatable bonds is 6. The molecular weight excluding hydrogens is 362 g/mol. The number of aryl methyl sites for hydroxylation is 1. The minimum Gasteiger partial charge on any atom is -0.398 e. The number of nitrogens with one attached hydrogen (secondary N) is 1. The average molecular weight is 401 g/mol. The Balaban J connectivity index is 0.00000204. The molecule has 0 spiro atoms. The third kappa shape index (κ3) is 7.17. The van der Waals surface area contributed by atoms with Crippen molar-refractivity contribution < 1.29 is 14.1 Å². The third-order valence-electron chi connectivity index (χ3n) is 4.70. The number of ketones is 2. The summed E-state index contributed by atoms with van der Waals surface area (Å²) in [7, 11) is 6.47. The van der Waals surface area contributed by atoms with Crippen LogP contribution in [0.2, 0.25) is 0 Å². The number of nitrogen functional groups attached to an aromatic ring is 1. The van der Waals surface area contributed by atoms with Gasteiger partial charge < -0.3 is 15.5 Å². The Morgan fingerprint density at radius 1 is 1.00 bits per heavy atom. The van der Waals surface area contributed by atoms with Crippen molar-refractivity contribution in [2.75, 3.05) is 45.3 Å². The monoisotopic (exact) mass is 400 g/mol. The van der Waals surface area contributed by atoms with Gasteiger partial charge in [-0.1, -0.05) is 45.1 Å². The molecular formula is C24H38N3O2+. The maximum absolute atomic E-state index is 12.9. The summed E-state index contributed by atoms with van der Waals surface area (Å²) in [5, 5.41) is 3.40. The smallest absolute Gasteiger partial charge is 0.169 e. The van der Waals surface area contributed by atoms with E-state index >= 15 is 0 Å². The fraction of sp³-hybridized carbons (Fsp3) is 0.500. The van der Waals surface area contributed by atoms with E-state index < -0.39 is 0 Å². The highest BCUT2D eigenvalue weighted by Crippen LogP contribution is 2.32. The minimum absolute atomic E-state index is 0.0756. The average Bonchev–Trinajstić information content (AvgIpc) is 2.68. The molecule has 29 heavy (non-hydrogen) atoms. The molecule has 0 bridgehead atoms. The van der Waals surface area contributed by atoms with Crippen LogP contribution < -0.4 is 11.1 Å². The first-order valence-electron chi connectivity index (χ1n) is 10.6. The largest absolute Gasteiger partial charge is 0.398 e. The maximum atomic E-state index is 12.9. The Labute approximate surface area is 176 Å². The Hall–Kier alpha value is -2.40. The number of hydrogen-bond donors (Lipinski definition) is 2. The van der Waals surface area contributed by atoms with Gasteiger partial charge in [-0.25, -0.2) is 0 Å². The molecule has 5 nitrogen and oxygen atoms in total. The number of carbonyl (C=O) groups excluding carboxylic acids is 2. The fourth-order valence-electron chi connectivity index (χ4n) is 3.25. The highest BCUT2D eigenvalue weighted by Gasteiger charge is 2.25. The molecule has 160 valence electrons. The van der Waals surface area contributed by atoms with Crippen molar-refractivity contribution in [2.45, 2.75) is 46.5 Å². The van der Waals surface area contributed by atoms with Crippen LogP contribution >= 0.6 is 0 Å². The van der Waals surface area contributed by atoms with Crippen LogP contribution in [0.15, 0.2) is 30.4 Å². The molecule has 0 heterocycles. The van der Waals surface area contributed by atoms with E-state index in [2.05, 4.69) is 26.5 Å². The van der Waals surface area contributed by atoms with Crippen molar-refractivity contribution in [1.29, 1.82) is 0 Å². The third-order valence-corrected chi connectivity index (χ3v) is 4.70. The summed E-state index contributed by atoms with van der Waals surface area (Å²) in [5.74, 6) is -0.180. The molecule has 0 fully saturated rings. The highest BCUT2D eigenvalue weighted by atomic mass is 16.1. The zero-order valence-electron chi connectivity index (χ0n) is 19.0. The second-order valence-corrected chi connectivity index (χ2v) is 8.01. The summed E-state index contributed by atoms with van der Waals surface area (Å²) < 4.78 is 0.885. The van der Waals surface area contributed by atoms with E-state index in [0.717, 1.165) is 35.2 Å². The summed E-state index contributed by atoms with van der Waals surface area (Å²) >= 11 is 0. The number of carbonyl (C=O) groups is 2. The maximum Gasteiger partial charge on any atom is 0.169 e. The van der Waals surface area contributed by atoms with Gasteiger partial charge in [-0.15, -0.1) is 0 Å². The molecule has 0 aromatic heterocycles. The Morgan fingerprint density at radius 2 is 1.55 bits per heavy atom. The van der Waals surface area contributed by atoms with Gasteiger partial charge in [0.25, 0.3) is 0 Å². The lowest BCUT2D eigenvalue weighted by Crippen LogP contribution is -2.36. The second kappa shape index (κ2) is 11.6. The quantitative estimate of drug-likeness (QED) is 0.415. The molecule has 0 amide bonds. The second-order valence-electron chi connectivity index (χ2n) is 8.01. The first kappa shape index (κ1) is 24.6. The van der Waals surface area contributed by atoms with Crippen LogP contribution in [0.3, 0.4) is 0 Å². The van der Waals surface area contributed by atoms with Crippen LogP contribution in [-0.2, 0) is 6.42 Å². The van der Waals surface area contributed by atoms with Gasteiger partial charge in [0.1, 0.15) is 0 Å². The topological polar surface area (TPSA) is 72.2 Å². The van der Waals surface area contributed by atoms with Gasteiger partial charge in [0.05, 0.1) is 38.8 Å². The summed E-state index contributed by atoms with van der Waals surface area (Å²) in [6, 6.07) is 1.94. The number of hydrogen-bond acceptors (Lipinski definition) is 4. The predicted octanol–water partition coefficient (Wildman–Crippen LogP) is 4.64. The molecule has 0 radical (unpaired) electrons. The fourth-order valence-corrected chi connectivity index (χ4v) is 3.25. The molecule has 1 aromatic carbocycles. The van der Waals surface area contributed by atoms with Gasteiger partial charge in [-0.3, -0.25) is 9.59 Å². The molecule has 5 heteroatoms. The van der Waals surface area contributed by atoms with Crippen LogP contribution in [0.4, 0.5) is 11.4 Å². The van der Waals surface area contributed by atoms with Gasteiger partial charge in [0.15, 0.2) is 11.6 Å². The number of quaternary nitrogens is 1. The Morgan fingerprint density at radius 3 is 2.07 bits per heavy atom. The molecule has 1 aromatic rings.